The molecule has 3 aliphatic rings. The van der Waals surface area contributed by atoms with Crippen LogP contribution in [0.4, 0.5) is 0 Å². The first-order valence-corrected chi connectivity index (χ1v) is 7.05. The van der Waals surface area contributed by atoms with Gasteiger partial charge in [-0.05, 0) is 32.9 Å². The van der Waals surface area contributed by atoms with Gasteiger partial charge in [-0.15, -0.1) is 0 Å². The summed E-state index contributed by atoms with van der Waals surface area (Å²) in [6, 6.07) is 0.249. The van der Waals surface area contributed by atoms with Crippen molar-refractivity contribution in [1.29, 1.82) is 0 Å². The smallest absolute Gasteiger partial charge is 0.325 e. The van der Waals surface area contributed by atoms with Crippen LogP contribution in [0.5, 0.6) is 0 Å². The largest absolute Gasteiger partial charge is 0.480 e. The van der Waals surface area contributed by atoms with E-state index in [-0.39, 0.29) is 6.04 Å². The fraction of sp³-hybridized carbons (Fsp3) is 0.923. The molecule has 0 aliphatic carbocycles. The van der Waals surface area contributed by atoms with Crippen molar-refractivity contribution in [3.05, 3.63) is 0 Å². The first-order chi connectivity index (χ1) is 8.64. The lowest BCUT2D eigenvalue weighted by atomic mass is 9.86. The SMILES string of the molecule is CN1CCN(C2(C(=O)O)CCN3CCCC32)CC1. The third kappa shape index (κ3) is 1.68. The molecule has 102 valence electrons. The average molecular weight is 253 g/mol. The van der Waals surface area contributed by atoms with Gasteiger partial charge in [0, 0.05) is 38.8 Å². The molecule has 0 bridgehead atoms. The number of carbonyl (C=O) groups is 1. The molecule has 0 radical (unpaired) electrons. The topological polar surface area (TPSA) is 47.0 Å². The second-order valence-corrected chi connectivity index (χ2v) is 5.96. The molecule has 2 atom stereocenters. The Morgan fingerprint density at radius 2 is 1.89 bits per heavy atom. The molecule has 3 saturated heterocycles. The van der Waals surface area contributed by atoms with Gasteiger partial charge in [0.2, 0.25) is 0 Å². The Morgan fingerprint density at radius 3 is 2.56 bits per heavy atom. The van der Waals surface area contributed by atoms with E-state index in [0.29, 0.717) is 0 Å². The molecule has 0 aromatic heterocycles. The highest BCUT2D eigenvalue weighted by Crippen LogP contribution is 2.40. The van der Waals surface area contributed by atoms with Crippen LogP contribution in [-0.4, -0.2) is 83.7 Å². The number of fused-ring (bicyclic) bond motifs is 1. The monoisotopic (exact) mass is 253 g/mol. The van der Waals surface area contributed by atoms with Crippen molar-refractivity contribution < 1.29 is 9.90 Å². The van der Waals surface area contributed by atoms with Crippen LogP contribution >= 0.6 is 0 Å². The third-order valence-electron chi connectivity index (χ3n) is 5.13. The lowest BCUT2D eigenvalue weighted by Crippen LogP contribution is -2.64. The second-order valence-electron chi connectivity index (χ2n) is 5.96. The van der Waals surface area contributed by atoms with E-state index in [4.69, 9.17) is 0 Å². The van der Waals surface area contributed by atoms with E-state index in [1.54, 1.807) is 0 Å². The van der Waals surface area contributed by atoms with Gasteiger partial charge in [0.25, 0.3) is 0 Å². The molecule has 3 aliphatic heterocycles. The number of rotatable bonds is 2. The third-order valence-corrected chi connectivity index (χ3v) is 5.13. The molecule has 0 spiro atoms. The average Bonchev–Trinajstić information content (AvgIpc) is 2.91. The summed E-state index contributed by atoms with van der Waals surface area (Å²) in [6.07, 6.45) is 3.02. The van der Waals surface area contributed by atoms with Crippen molar-refractivity contribution in [1.82, 2.24) is 14.7 Å². The number of carboxylic acid groups (broad SMARTS) is 1. The van der Waals surface area contributed by atoms with Gasteiger partial charge in [-0.2, -0.15) is 0 Å². The van der Waals surface area contributed by atoms with Crippen molar-refractivity contribution >= 4 is 5.97 Å². The highest BCUT2D eigenvalue weighted by molar-refractivity contribution is 5.80. The van der Waals surface area contributed by atoms with Crippen LogP contribution < -0.4 is 0 Å². The number of piperazine rings is 1. The molecule has 2 unspecified atom stereocenters. The van der Waals surface area contributed by atoms with E-state index in [2.05, 4.69) is 21.7 Å². The lowest BCUT2D eigenvalue weighted by molar-refractivity contribution is -0.154. The molecule has 18 heavy (non-hydrogen) atoms. The summed E-state index contributed by atoms with van der Waals surface area (Å²) in [6.45, 7) is 5.82. The predicted octanol–water partition coefficient (Wildman–Crippen LogP) is -0.0747. The van der Waals surface area contributed by atoms with Crippen molar-refractivity contribution in [3.63, 3.8) is 0 Å². The van der Waals surface area contributed by atoms with Gasteiger partial charge in [0.1, 0.15) is 5.54 Å². The zero-order chi connectivity index (χ0) is 12.8. The van der Waals surface area contributed by atoms with Gasteiger partial charge in [-0.3, -0.25) is 14.6 Å². The zero-order valence-corrected chi connectivity index (χ0v) is 11.1. The van der Waals surface area contributed by atoms with Crippen LogP contribution in [0, 0.1) is 0 Å². The number of carboxylic acids is 1. The fourth-order valence-corrected chi connectivity index (χ4v) is 4.07. The molecule has 3 rings (SSSR count). The Kier molecular flexibility index (Phi) is 3.08. The maximum atomic E-state index is 12.0. The molecule has 0 aromatic rings. The minimum absolute atomic E-state index is 0.249. The maximum absolute atomic E-state index is 12.0. The van der Waals surface area contributed by atoms with Crippen LogP contribution in [0.15, 0.2) is 0 Å². The number of aliphatic carboxylic acids is 1. The number of hydrogen-bond acceptors (Lipinski definition) is 4. The van der Waals surface area contributed by atoms with Crippen molar-refractivity contribution in [2.45, 2.75) is 30.8 Å². The summed E-state index contributed by atoms with van der Waals surface area (Å²) in [5, 5.41) is 9.85. The van der Waals surface area contributed by atoms with Crippen LogP contribution in [0.2, 0.25) is 0 Å². The normalized spacial score (nSPS) is 39.1. The van der Waals surface area contributed by atoms with Crippen LogP contribution in [0.3, 0.4) is 0 Å². The van der Waals surface area contributed by atoms with E-state index in [0.717, 1.165) is 58.5 Å². The summed E-state index contributed by atoms with van der Waals surface area (Å²) < 4.78 is 0. The summed E-state index contributed by atoms with van der Waals surface area (Å²) in [4.78, 5) is 18.9. The highest BCUT2D eigenvalue weighted by Gasteiger charge is 2.57. The molecule has 5 nitrogen and oxygen atoms in total. The van der Waals surface area contributed by atoms with Crippen LogP contribution in [0.25, 0.3) is 0 Å². The molecular weight excluding hydrogens is 230 g/mol. The first-order valence-electron chi connectivity index (χ1n) is 7.05. The Morgan fingerprint density at radius 1 is 1.17 bits per heavy atom. The van der Waals surface area contributed by atoms with E-state index < -0.39 is 11.5 Å². The van der Waals surface area contributed by atoms with Gasteiger partial charge in [-0.25, -0.2) is 0 Å². The molecule has 5 heteroatoms. The second kappa shape index (κ2) is 4.47. The minimum atomic E-state index is -0.599. The standard InChI is InChI=1S/C13H23N3O2/c1-14-7-9-16(10-8-14)13(12(17)18)4-6-15-5-2-3-11(13)15/h11H,2-10H2,1H3,(H,17,18). The Labute approximate surface area is 108 Å². The van der Waals surface area contributed by atoms with E-state index in [1.165, 1.54) is 0 Å². The summed E-state index contributed by atoms with van der Waals surface area (Å²) in [5.41, 5.74) is -0.599. The first kappa shape index (κ1) is 12.4. The molecule has 0 saturated carbocycles. The van der Waals surface area contributed by atoms with Crippen molar-refractivity contribution in [3.8, 4) is 0 Å². The lowest BCUT2D eigenvalue weighted by Gasteiger charge is -2.45. The predicted molar refractivity (Wildman–Crippen MR) is 68.6 cm³/mol. The zero-order valence-electron chi connectivity index (χ0n) is 11.1. The maximum Gasteiger partial charge on any atom is 0.325 e. The Hall–Kier alpha value is -0.650. The van der Waals surface area contributed by atoms with Gasteiger partial charge in [0.05, 0.1) is 0 Å². The molecule has 0 amide bonds. The van der Waals surface area contributed by atoms with Crippen LogP contribution in [-0.2, 0) is 4.79 Å². The molecular formula is C13H23N3O2. The van der Waals surface area contributed by atoms with E-state index in [9.17, 15) is 9.90 Å². The Bertz CT molecular complexity index is 341. The van der Waals surface area contributed by atoms with Gasteiger partial charge < -0.3 is 10.0 Å². The fourth-order valence-electron chi connectivity index (χ4n) is 4.07. The summed E-state index contributed by atoms with van der Waals surface area (Å²) in [5.74, 6) is -0.596. The number of hydrogen-bond donors (Lipinski definition) is 1. The molecule has 3 heterocycles. The van der Waals surface area contributed by atoms with Crippen LogP contribution in [0.1, 0.15) is 19.3 Å². The highest BCUT2D eigenvalue weighted by atomic mass is 16.4. The number of likely N-dealkylation sites (N-methyl/N-ethyl adjacent to an activating group) is 1. The molecule has 1 N–H and O–H groups in total. The number of nitrogens with zero attached hydrogens (tertiary/aromatic N) is 3. The quantitative estimate of drug-likeness (QED) is 0.746. The van der Waals surface area contributed by atoms with Crippen molar-refractivity contribution in [2.75, 3.05) is 46.3 Å². The summed E-state index contributed by atoms with van der Waals surface area (Å²) in [7, 11) is 2.11. The van der Waals surface area contributed by atoms with E-state index in [1.807, 2.05) is 0 Å². The van der Waals surface area contributed by atoms with Gasteiger partial charge in [-0.1, -0.05) is 0 Å². The minimum Gasteiger partial charge on any atom is -0.480 e. The van der Waals surface area contributed by atoms with Crippen molar-refractivity contribution in [2.24, 2.45) is 0 Å². The molecule has 0 aromatic carbocycles. The Balaban J connectivity index is 1.85. The summed E-state index contributed by atoms with van der Waals surface area (Å²) >= 11 is 0. The molecule has 3 fully saturated rings. The van der Waals surface area contributed by atoms with E-state index >= 15 is 0 Å². The van der Waals surface area contributed by atoms with Gasteiger partial charge in [0.15, 0.2) is 0 Å². The van der Waals surface area contributed by atoms with Gasteiger partial charge >= 0.3 is 5.97 Å².